The summed E-state index contributed by atoms with van der Waals surface area (Å²) in [4.78, 5) is 11.2. The van der Waals surface area contributed by atoms with Gasteiger partial charge in [-0.25, -0.2) is 13.6 Å². The molecule has 0 amide bonds. The van der Waals surface area contributed by atoms with Crippen molar-refractivity contribution in [1.82, 2.24) is 0 Å². The fraction of sp³-hybridized carbons (Fsp3) is 0.300. The van der Waals surface area contributed by atoms with Gasteiger partial charge in [-0.3, -0.25) is 0 Å². The summed E-state index contributed by atoms with van der Waals surface area (Å²) >= 11 is 0. The van der Waals surface area contributed by atoms with Crippen LogP contribution in [-0.4, -0.2) is 19.2 Å². The average molecular weight is 252 g/mol. The van der Waals surface area contributed by atoms with Gasteiger partial charge in [0.1, 0.15) is 0 Å². The molecule has 0 aromatic heterocycles. The number of esters is 1. The van der Waals surface area contributed by atoms with Crippen LogP contribution in [-0.2, 0) is 4.74 Å². The molecular weight excluding hydrogens is 244 g/mol. The van der Waals surface area contributed by atoms with E-state index in [0.29, 0.717) is 6.07 Å². The van der Waals surface area contributed by atoms with Crippen molar-refractivity contribution in [2.45, 2.75) is 13.5 Å². The van der Waals surface area contributed by atoms with E-state index in [1.807, 2.05) is 0 Å². The molecule has 3 nitrogen and oxygen atoms in total. The highest BCUT2D eigenvalue weighted by molar-refractivity contribution is 5.90. The van der Waals surface area contributed by atoms with Crippen LogP contribution in [0.25, 0.3) is 0 Å². The van der Waals surface area contributed by atoms with Gasteiger partial charge < -0.3 is 9.47 Å². The van der Waals surface area contributed by atoms with E-state index in [1.54, 1.807) is 0 Å². The molecule has 1 aromatic carbocycles. The molecular formula is C10H8F4O3. The normalized spacial score (nSPS) is 10.5. The Balaban J connectivity index is 3.14. The lowest BCUT2D eigenvalue weighted by Crippen LogP contribution is -2.11. The summed E-state index contributed by atoms with van der Waals surface area (Å²) in [6, 6.07) is 1.44. The molecule has 0 N–H and O–H groups in total. The molecule has 0 heterocycles. The Labute approximate surface area is 93.9 Å². The highest BCUT2D eigenvalue weighted by atomic mass is 19.3. The highest BCUT2D eigenvalue weighted by Crippen LogP contribution is 2.26. The summed E-state index contributed by atoms with van der Waals surface area (Å²) in [5.74, 6) is -5.21. The summed E-state index contributed by atoms with van der Waals surface area (Å²) in [5.41, 5.74) is -0.663. The van der Waals surface area contributed by atoms with E-state index >= 15 is 0 Å². The Morgan fingerprint density at radius 1 is 1.35 bits per heavy atom. The molecule has 0 unspecified atom stereocenters. The number of ether oxygens (including phenoxy) is 2. The predicted octanol–water partition coefficient (Wildman–Crippen LogP) is 2.74. The maximum Gasteiger partial charge on any atom is 0.387 e. The lowest BCUT2D eigenvalue weighted by molar-refractivity contribution is -0.0548. The molecule has 0 atom stereocenters. The molecule has 94 valence electrons. The van der Waals surface area contributed by atoms with Gasteiger partial charge >= 0.3 is 12.6 Å². The van der Waals surface area contributed by atoms with Crippen molar-refractivity contribution in [3.8, 4) is 5.75 Å². The smallest absolute Gasteiger partial charge is 0.387 e. The van der Waals surface area contributed by atoms with Gasteiger partial charge in [0, 0.05) is 0 Å². The molecule has 0 radical (unpaired) electrons. The van der Waals surface area contributed by atoms with Gasteiger partial charge in [-0.15, -0.1) is 0 Å². The molecule has 0 spiro atoms. The van der Waals surface area contributed by atoms with Gasteiger partial charge in [0.15, 0.2) is 17.4 Å². The lowest BCUT2D eigenvalue weighted by Gasteiger charge is -2.09. The van der Waals surface area contributed by atoms with Gasteiger partial charge in [0.05, 0.1) is 12.2 Å². The van der Waals surface area contributed by atoms with Crippen molar-refractivity contribution in [2.24, 2.45) is 0 Å². The first-order chi connectivity index (χ1) is 7.97. The summed E-state index contributed by atoms with van der Waals surface area (Å²) in [7, 11) is 0. The zero-order valence-electron chi connectivity index (χ0n) is 8.68. The largest absolute Gasteiger partial charge is 0.462 e. The number of halogens is 4. The van der Waals surface area contributed by atoms with Crippen LogP contribution in [0.5, 0.6) is 5.75 Å². The highest BCUT2D eigenvalue weighted by Gasteiger charge is 2.22. The molecule has 7 heteroatoms. The zero-order chi connectivity index (χ0) is 13.0. The molecule has 0 fully saturated rings. The second-order valence-electron chi connectivity index (χ2n) is 2.84. The number of carbonyl (C=O) groups is 1. The Bertz CT molecular complexity index is 420. The van der Waals surface area contributed by atoms with Crippen LogP contribution in [0, 0.1) is 11.6 Å². The SMILES string of the molecule is CCOC(=O)c1ccc(F)c(OC(F)F)c1F. The average Bonchev–Trinajstić information content (AvgIpc) is 2.24. The van der Waals surface area contributed by atoms with Crippen molar-refractivity contribution in [2.75, 3.05) is 6.61 Å². The summed E-state index contributed by atoms with van der Waals surface area (Å²) in [6.07, 6.45) is 0. The molecule has 0 bridgehead atoms. The minimum atomic E-state index is -3.39. The first-order valence-corrected chi connectivity index (χ1v) is 4.57. The Morgan fingerprint density at radius 2 is 2.00 bits per heavy atom. The molecule has 0 aliphatic carbocycles. The van der Waals surface area contributed by atoms with Gasteiger partial charge in [0.25, 0.3) is 0 Å². The third-order valence-corrected chi connectivity index (χ3v) is 1.75. The Morgan fingerprint density at radius 3 is 2.53 bits per heavy atom. The van der Waals surface area contributed by atoms with Crippen molar-refractivity contribution >= 4 is 5.97 Å². The number of rotatable bonds is 4. The summed E-state index contributed by atoms with van der Waals surface area (Å²) in [6.45, 7) is -1.94. The summed E-state index contributed by atoms with van der Waals surface area (Å²) in [5, 5.41) is 0. The lowest BCUT2D eigenvalue weighted by atomic mass is 10.2. The van der Waals surface area contributed by atoms with E-state index in [1.165, 1.54) is 6.92 Å². The van der Waals surface area contributed by atoms with Crippen molar-refractivity contribution in [3.05, 3.63) is 29.3 Å². The van der Waals surface area contributed by atoms with Crippen LogP contribution in [0.15, 0.2) is 12.1 Å². The number of carbonyl (C=O) groups excluding carboxylic acids is 1. The molecule has 0 saturated carbocycles. The van der Waals surface area contributed by atoms with E-state index < -0.39 is 35.5 Å². The molecule has 17 heavy (non-hydrogen) atoms. The fourth-order valence-corrected chi connectivity index (χ4v) is 1.10. The monoisotopic (exact) mass is 252 g/mol. The first kappa shape index (κ1) is 13.3. The predicted molar refractivity (Wildman–Crippen MR) is 48.9 cm³/mol. The number of hydrogen-bond acceptors (Lipinski definition) is 3. The van der Waals surface area contributed by atoms with Gasteiger partial charge in [0.2, 0.25) is 0 Å². The first-order valence-electron chi connectivity index (χ1n) is 4.57. The van der Waals surface area contributed by atoms with Crippen LogP contribution in [0.2, 0.25) is 0 Å². The molecule has 0 aliphatic heterocycles. The molecule has 0 aliphatic rings. The molecule has 1 aromatic rings. The van der Waals surface area contributed by atoms with Gasteiger partial charge in [-0.05, 0) is 19.1 Å². The zero-order valence-corrected chi connectivity index (χ0v) is 8.68. The standard InChI is InChI=1S/C10H8F4O3/c1-2-16-9(15)5-3-4-6(11)8(7(5)12)17-10(13)14/h3-4,10H,2H2,1H3. The van der Waals surface area contributed by atoms with Crippen LogP contribution < -0.4 is 4.74 Å². The van der Waals surface area contributed by atoms with Crippen LogP contribution in [0.1, 0.15) is 17.3 Å². The topological polar surface area (TPSA) is 35.5 Å². The third-order valence-electron chi connectivity index (χ3n) is 1.75. The number of hydrogen-bond donors (Lipinski definition) is 0. The second kappa shape index (κ2) is 5.51. The van der Waals surface area contributed by atoms with E-state index in [-0.39, 0.29) is 6.61 Å². The van der Waals surface area contributed by atoms with Crippen LogP contribution in [0.3, 0.4) is 0 Å². The minimum Gasteiger partial charge on any atom is -0.462 e. The Kier molecular flexibility index (Phi) is 4.30. The van der Waals surface area contributed by atoms with Crippen molar-refractivity contribution < 1.29 is 31.8 Å². The minimum absolute atomic E-state index is 0.0271. The quantitative estimate of drug-likeness (QED) is 0.610. The fourth-order valence-electron chi connectivity index (χ4n) is 1.10. The van der Waals surface area contributed by atoms with Crippen LogP contribution in [0.4, 0.5) is 17.6 Å². The van der Waals surface area contributed by atoms with Crippen LogP contribution >= 0.6 is 0 Å². The van der Waals surface area contributed by atoms with E-state index in [2.05, 4.69) is 9.47 Å². The molecule has 1 rings (SSSR count). The number of alkyl halides is 2. The molecule has 0 saturated heterocycles. The van der Waals surface area contributed by atoms with E-state index in [9.17, 15) is 22.4 Å². The maximum atomic E-state index is 13.5. The van der Waals surface area contributed by atoms with Gasteiger partial charge in [-0.1, -0.05) is 0 Å². The van der Waals surface area contributed by atoms with E-state index in [0.717, 1.165) is 6.07 Å². The van der Waals surface area contributed by atoms with Crippen molar-refractivity contribution in [1.29, 1.82) is 0 Å². The Hall–Kier alpha value is -1.79. The maximum absolute atomic E-state index is 13.5. The summed E-state index contributed by atoms with van der Waals surface area (Å²) < 4.78 is 58.4. The van der Waals surface area contributed by atoms with Gasteiger partial charge in [-0.2, -0.15) is 8.78 Å². The van der Waals surface area contributed by atoms with Crippen molar-refractivity contribution in [3.63, 3.8) is 0 Å². The van der Waals surface area contributed by atoms with E-state index in [4.69, 9.17) is 0 Å². The third kappa shape index (κ3) is 3.08. The second-order valence-corrected chi connectivity index (χ2v) is 2.84. The number of benzene rings is 1.